The average Bonchev–Trinajstić information content (AvgIpc) is 3.43. The van der Waals surface area contributed by atoms with Gasteiger partial charge < -0.3 is 15.1 Å². The molecule has 5 rings (SSSR count). The van der Waals surface area contributed by atoms with E-state index in [4.69, 9.17) is 0 Å². The minimum absolute atomic E-state index is 0.0789. The number of anilines is 2. The second-order valence-corrected chi connectivity index (χ2v) is 10.3. The molecule has 2 heterocycles. The highest BCUT2D eigenvalue weighted by atomic mass is 19.1. The minimum Gasteiger partial charge on any atom is -0.371 e. The molecule has 37 heavy (non-hydrogen) atoms. The monoisotopic (exact) mass is 505 g/mol. The number of likely N-dealkylation sites (tertiary alicyclic amines) is 1. The summed E-state index contributed by atoms with van der Waals surface area (Å²) in [6, 6.07) is 9.39. The maximum Gasteiger partial charge on any atom is 0.257 e. The van der Waals surface area contributed by atoms with Gasteiger partial charge in [-0.3, -0.25) is 9.59 Å². The van der Waals surface area contributed by atoms with Crippen molar-refractivity contribution in [1.29, 1.82) is 0 Å². The van der Waals surface area contributed by atoms with E-state index in [1.165, 1.54) is 18.9 Å². The number of nitrogens with zero attached hydrogens (tertiary/aromatic N) is 2. The number of amides is 2. The molecule has 1 N–H and O–H groups in total. The summed E-state index contributed by atoms with van der Waals surface area (Å²) in [5, 5.41) is 3.10. The lowest BCUT2D eigenvalue weighted by molar-refractivity contribution is -0.123. The zero-order valence-corrected chi connectivity index (χ0v) is 21.1. The molecule has 2 fully saturated rings. The van der Waals surface area contributed by atoms with Crippen molar-refractivity contribution in [3.8, 4) is 0 Å². The molecular weight excluding hydrogens is 472 g/mol. The van der Waals surface area contributed by atoms with Gasteiger partial charge in [0.2, 0.25) is 5.91 Å². The van der Waals surface area contributed by atoms with Crippen molar-refractivity contribution >= 4 is 23.2 Å². The summed E-state index contributed by atoms with van der Waals surface area (Å²) in [7, 11) is 0. The first-order valence-corrected chi connectivity index (χ1v) is 13.2. The SMILES string of the molecule is Cc1cc(F)cc(F)c1C(=O)N1CCC[C@H](C(=O)Nc2cccc(N3CCCC3)c2)[C@@H]1C1C=CC=CC1. The first-order chi connectivity index (χ1) is 17.9. The van der Waals surface area contributed by atoms with E-state index >= 15 is 0 Å². The van der Waals surface area contributed by atoms with Gasteiger partial charge in [-0.2, -0.15) is 0 Å². The minimum atomic E-state index is -0.870. The summed E-state index contributed by atoms with van der Waals surface area (Å²) in [5.74, 6) is -2.75. The Morgan fingerprint density at radius 1 is 1.00 bits per heavy atom. The van der Waals surface area contributed by atoms with Crippen LogP contribution in [0.5, 0.6) is 0 Å². The Kier molecular flexibility index (Phi) is 7.40. The lowest BCUT2D eigenvalue weighted by Crippen LogP contribution is -2.55. The van der Waals surface area contributed by atoms with E-state index in [-0.39, 0.29) is 23.0 Å². The number of hydrogen-bond acceptors (Lipinski definition) is 3. The van der Waals surface area contributed by atoms with Crippen molar-refractivity contribution in [3.05, 3.63) is 83.5 Å². The number of piperidine rings is 1. The third-order valence-electron chi connectivity index (χ3n) is 7.79. The lowest BCUT2D eigenvalue weighted by atomic mass is 9.77. The highest BCUT2D eigenvalue weighted by molar-refractivity contribution is 5.98. The Morgan fingerprint density at radius 3 is 2.54 bits per heavy atom. The highest BCUT2D eigenvalue weighted by Gasteiger charge is 2.43. The molecule has 1 unspecified atom stereocenters. The van der Waals surface area contributed by atoms with Crippen molar-refractivity contribution in [2.24, 2.45) is 11.8 Å². The maximum absolute atomic E-state index is 14.8. The molecule has 0 bridgehead atoms. The molecule has 7 heteroatoms. The van der Waals surface area contributed by atoms with Crippen molar-refractivity contribution in [2.45, 2.75) is 45.1 Å². The molecule has 1 aliphatic carbocycles. The van der Waals surface area contributed by atoms with E-state index in [0.717, 1.165) is 30.5 Å². The van der Waals surface area contributed by atoms with Crippen LogP contribution in [0.2, 0.25) is 0 Å². The molecule has 3 aliphatic rings. The number of carbonyl (C=O) groups is 2. The zero-order chi connectivity index (χ0) is 25.9. The van der Waals surface area contributed by atoms with Crippen LogP contribution >= 0.6 is 0 Å². The molecule has 2 aliphatic heterocycles. The Hall–Kier alpha value is -3.48. The van der Waals surface area contributed by atoms with Crippen LogP contribution < -0.4 is 10.2 Å². The molecule has 2 amide bonds. The predicted molar refractivity (Wildman–Crippen MR) is 142 cm³/mol. The molecule has 194 valence electrons. The summed E-state index contributed by atoms with van der Waals surface area (Å²) >= 11 is 0. The third-order valence-corrected chi connectivity index (χ3v) is 7.79. The van der Waals surface area contributed by atoms with Gasteiger partial charge in [-0.1, -0.05) is 30.4 Å². The zero-order valence-electron chi connectivity index (χ0n) is 21.1. The van der Waals surface area contributed by atoms with Crippen molar-refractivity contribution in [1.82, 2.24) is 4.90 Å². The van der Waals surface area contributed by atoms with Gasteiger partial charge in [0, 0.05) is 43.0 Å². The predicted octanol–water partition coefficient (Wildman–Crippen LogP) is 5.87. The van der Waals surface area contributed by atoms with E-state index in [1.54, 1.807) is 11.8 Å². The lowest BCUT2D eigenvalue weighted by Gasteiger charge is -2.44. The van der Waals surface area contributed by atoms with Gasteiger partial charge >= 0.3 is 0 Å². The number of benzene rings is 2. The molecule has 5 nitrogen and oxygen atoms in total. The van der Waals surface area contributed by atoms with Gasteiger partial charge in [-0.05, 0) is 68.9 Å². The number of allylic oxidation sites excluding steroid dienone is 3. The molecular formula is C30H33F2N3O2. The largest absolute Gasteiger partial charge is 0.371 e. The van der Waals surface area contributed by atoms with E-state index < -0.39 is 29.5 Å². The van der Waals surface area contributed by atoms with Gasteiger partial charge in [0.05, 0.1) is 17.5 Å². The number of hydrogen-bond donors (Lipinski definition) is 1. The Balaban J connectivity index is 1.43. The number of halogens is 2. The van der Waals surface area contributed by atoms with Crippen molar-refractivity contribution in [3.63, 3.8) is 0 Å². The fourth-order valence-corrected chi connectivity index (χ4v) is 6.03. The summed E-state index contributed by atoms with van der Waals surface area (Å²) in [5.41, 5.74) is 1.96. The van der Waals surface area contributed by atoms with E-state index in [9.17, 15) is 18.4 Å². The number of nitrogens with one attached hydrogen (secondary N) is 1. The van der Waals surface area contributed by atoms with Crippen LogP contribution in [0, 0.1) is 30.4 Å². The first-order valence-electron chi connectivity index (χ1n) is 13.2. The summed E-state index contributed by atoms with van der Waals surface area (Å²) in [6.45, 7) is 3.99. The smallest absolute Gasteiger partial charge is 0.257 e. The fraction of sp³-hybridized carbons (Fsp3) is 0.400. The van der Waals surface area contributed by atoms with Crippen molar-refractivity contribution < 1.29 is 18.4 Å². The quantitative estimate of drug-likeness (QED) is 0.553. The number of aryl methyl sites for hydroxylation is 1. The number of carbonyl (C=O) groups excluding carboxylic acids is 2. The van der Waals surface area contributed by atoms with Crippen LogP contribution in [0.25, 0.3) is 0 Å². The van der Waals surface area contributed by atoms with Crippen LogP contribution in [0.1, 0.15) is 48.0 Å². The highest BCUT2D eigenvalue weighted by Crippen LogP contribution is 2.36. The molecule has 2 aromatic rings. The van der Waals surface area contributed by atoms with Crippen LogP contribution in [-0.2, 0) is 4.79 Å². The maximum atomic E-state index is 14.8. The van der Waals surface area contributed by atoms with E-state index in [2.05, 4.69) is 16.3 Å². The second-order valence-electron chi connectivity index (χ2n) is 10.3. The van der Waals surface area contributed by atoms with Crippen molar-refractivity contribution in [2.75, 3.05) is 29.9 Å². The Morgan fingerprint density at radius 2 is 1.81 bits per heavy atom. The number of rotatable bonds is 5. The summed E-state index contributed by atoms with van der Waals surface area (Å²) < 4.78 is 28.5. The fourth-order valence-electron chi connectivity index (χ4n) is 6.03. The third kappa shape index (κ3) is 5.31. The van der Waals surface area contributed by atoms with Gasteiger partial charge in [0.15, 0.2) is 0 Å². The standard InChI is InChI=1S/C30H33F2N3O2/c1-20-17-22(31)18-26(32)27(20)30(37)35-16-8-13-25(28(35)21-9-3-2-4-10-21)29(36)33-23-11-7-12-24(19-23)34-14-5-6-15-34/h2-4,7,9,11-12,17-19,21,25,28H,5-6,8,10,13-16H2,1H3,(H,33,36)/t21?,25-,28-/m0/s1. The molecule has 2 saturated heterocycles. The van der Waals surface area contributed by atoms with E-state index in [0.29, 0.717) is 25.8 Å². The van der Waals surface area contributed by atoms with Crippen LogP contribution in [0.4, 0.5) is 20.2 Å². The average molecular weight is 506 g/mol. The summed E-state index contributed by atoms with van der Waals surface area (Å²) in [6.07, 6.45) is 12.2. The van der Waals surface area contributed by atoms with Gasteiger partial charge in [0.1, 0.15) is 11.6 Å². The van der Waals surface area contributed by atoms with Crippen LogP contribution in [0.15, 0.2) is 60.7 Å². The first kappa shape index (κ1) is 25.2. The molecule has 0 radical (unpaired) electrons. The molecule has 0 saturated carbocycles. The second kappa shape index (κ2) is 10.9. The van der Waals surface area contributed by atoms with Gasteiger partial charge in [0.25, 0.3) is 5.91 Å². The van der Waals surface area contributed by atoms with Gasteiger partial charge in [-0.15, -0.1) is 0 Å². The van der Waals surface area contributed by atoms with Crippen LogP contribution in [-0.4, -0.2) is 42.4 Å². The Bertz CT molecular complexity index is 1210. The van der Waals surface area contributed by atoms with Gasteiger partial charge in [-0.25, -0.2) is 8.78 Å². The molecule has 2 aromatic carbocycles. The van der Waals surface area contributed by atoms with E-state index in [1.807, 2.05) is 42.5 Å². The Labute approximate surface area is 216 Å². The molecule has 0 spiro atoms. The van der Waals surface area contributed by atoms with Crippen LogP contribution in [0.3, 0.4) is 0 Å². The molecule has 3 atom stereocenters. The summed E-state index contributed by atoms with van der Waals surface area (Å²) in [4.78, 5) is 31.4. The molecule has 0 aromatic heterocycles. The topological polar surface area (TPSA) is 52.7 Å². The normalized spacial score (nSPS) is 23.4.